The zero-order valence-electron chi connectivity index (χ0n) is 20.9. The number of anilines is 1. The number of amides is 1. The van der Waals surface area contributed by atoms with E-state index in [-0.39, 0.29) is 17.6 Å². The fraction of sp³-hybridized carbons (Fsp3) is 0.333. The van der Waals surface area contributed by atoms with Crippen LogP contribution in [-0.2, 0) is 17.9 Å². The van der Waals surface area contributed by atoms with Crippen molar-refractivity contribution >= 4 is 22.6 Å². The van der Waals surface area contributed by atoms with E-state index in [1.54, 1.807) is 0 Å². The van der Waals surface area contributed by atoms with E-state index in [2.05, 4.69) is 17.0 Å². The number of nitrogens with zero attached hydrogens (tertiary/aromatic N) is 4. The number of carbonyl (C=O) groups is 1. The molecular weight excluding hydrogens is 448 g/mol. The first-order valence-corrected chi connectivity index (χ1v) is 13.0. The second kappa shape index (κ2) is 11.0. The molecule has 6 nitrogen and oxygen atoms in total. The van der Waals surface area contributed by atoms with Crippen LogP contribution in [-0.4, -0.2) is 45.6 Å². The molecule has 0 N–H and O–H groups in total. The molecule has 5 rings (SSSR count). The van der Waals surface area contributed by atoms with Gasteiger partial charge in [0.2, 0.25) is 5.91 Å². The summed E-state index contributed by atoms with van der Waals surface area (Å²) in [5.74, 6) is 0.178. The summed E-state index contributed by atoms with van der Waals surface area (Å²) in [6.07, 6.45) is 2.38. The first-order valence-electron chi connectivity index (χ1n) is 13.0. The predicted molar refractivity (Wildman–Crippen MR) is 145 cm³/mol. The summed E-state index contributed by atoms with van der Waals surface area (Å²) in [6.45, 7) is 5.81. The van der Waals surface area contributed by atoms with Crippen molar-refractivity contribution in [2.45, 2.75) is 45.3 Å². The van der Waals surface area contributed by atoms with Gasteiger partial charge >= 0.3 is 5.69 Å². The van der Waals surface area contributed by atoms with Crippen LogP contribution in [0.1, 0.15) is 31.7 Å². The second-order valence-corrected chi connectivity index (χ2v) is 9.52. The Bertz CT molecular complexity index is 1350. The Labute approximate surface area is 212 Å². The molecule has 1 aliphatic heterocycles. The number of rotatable bonds is 8. The maximum Gasteiger partial charge on any atom is 0.329 e. The number of hydrogen-bond acceptors (Lipinski definition) is 3. The number of para-hydroxylation sites is 3. The van der Waals surface area contributed by atoms with Gasteiger partial charge in [-0.2, -0.15) is 0 Å². The highest BCUT2D eigenvalue weighted by molar-refractivity contribution is 5.93. The van der Waals surface area contributed by atoms with Crippen LogP contribution >= 0.6 is 0 Å². The predicted octanol–water partition coefficient (Wildman–Crippen LogP) is 4.76. The Morgan fingerprint density at radius 2 is 1.39 bits per heavy atom. The summed E-state index contributed by atoms with van der Waals surface area (Å²) in [5.41, 5.74) is 4.10. The van der Waals surface area contributed by atoms with Crippen molar-refractivity contribution < 1.29 is 4.79 Å². The van der Waals surface area contributed by atoms with E-state index >= 15 is 0 Å². The van der Waals surface area contributed by atoms with Gasteiger partial charge in [0.1, 0.15) is 0 Å². The van der Waals surface area contributed by atoms with Crippen LogP contribution in [0.15, 0.2) is 89.7 Å². The normalized spacial score (nSPS) is 14.8. The van der Waals surface area contributed by atoms with Crippen molar-refractivity contribution in [1.29, 1.82) is 0 Å². The van der Waals surface area contributed by atoms with Crippen LogP contribution in [0.5, 0.6) is 0 Å². The van der Waals surface area contributed by atoms with Crippen molar-refractivity contribution in [2.75, 3.05) is 24.5 Å². The molecule has 3 aromatic carbocycles. The largest absolute Gasteiger partial charge is 0.329 e. The van der Waals surface area contributed by atoms with Crippen molar-refractivity contribution in [3.05, 3.63) is 101 Å². The van der Waals surface area contributed by atoms with Crippen molar-refractivity contribution in [3.63, 3.8) is 0 Å². The van der Waals surface area contributed by atoms with Gasteiger partial charge in [0.05, 0.1) is 17.6 Å². The molecule has 1 aromatic heterocycles. The highest BCUT2D eigenvalue weighted by Gasteiger charge is 2.28. The summed E-state index contributed by atoms with van der Waals surface area (Å²) >= 11 is 0. The lowest BCUT2D eigenvalue weighted by Crippen LogP contribution is -2.48. The highest BCUT2D eigenvalue weighted by Crippen LogP contribution is 2.25. The summed E-state index contributed by atoms with van der Waals surface area (Å²) in [4.78, 5) is 30.6. The second-order valence-electron chi connectivity index (χ2n) is 9.52. The summed E-state index contributed by atoms with van der Waals surface area (Å²) in [7, 11) is 0. The summed E-state index contributed by atoms with van der Waals surface area (Å²) in [5, 5.41) is 0. The first-order chi connectivity index (χ1) is 17.7. The highest BCUT2D eigenvalue weighted by atomic mass is 16.2. The molecule has 1 aliphatic rings. The zero-order chi connectivity index (χ0) is 24.9. The molecule has 1 amide bonds. The maximum atomic E-state index is 13.4. The summed E-state index contributed by atoms with van der Waals surface area (Å²) < 4.78 is 3.80. The van der Waals surface area contributed by atoms with E-state index in [4.69, 9.17) is 0 Å². The average molecular weight is 483 g/mol. The molecule has 0 bridgehead atoms. The molecule has 6 heteroatoms. The van der Waals surface area contributed by atoms with Crippen LogP contribution in [0.25, 0.3) is 11.0 Å². The van der Waals surface area contributed by atoms with Crippen LogP contribution < -0.4 is 10.6 Å². The van der Waals surface area contributed by atoms with Gasteiger partial charge in [0, 0.05) is 44.3 Å². The molecular formula is C30H34N4O2. The van der Waals surface area contributed by atoms with Crippen LogP contribution in [0.4, 0.5) is 5.69 Å². The molecule has 4 aromatic rings. The number of carbonyl (C=O) groups excluding carboxylic acids is 1. The van der Waals surface area contributed by atoms with Crippen molar-refractivity contribution in [3.8, 4) is 0 Å². The Hall–Kier alpha value is -3.64. The van der Waals surface area contributed by atoms with E-state index in [0.717, 1.165) is 54.8 Å². The number of piperidine rings is 1. The summed E-state index contributed by atoms with van der Waals surface area (Å²) in [6, 6.07) is 28.4. The van der Waals surface area contributed by atoms with Crippen LogP contribution in [0.2, 0.25) is 0 Å². The third-order valence-corrected chi connectivity index (χ3v) is 7.28. The van der Waals surface area contributed by atoms with E-state index in [1.807, 2.05) is 93.8 Å². The molecule has 0 spiro atoms. The molecule has 0 saturated carbocycles. The molecule has 186 valence electrons. The Balaban J connectivity index is 1.27. The molecule has 36 heavy (non-hydrogen) atoms. The quantitative estimate of drug-likeness (QED) is 0.364. The van der Waals surface area contributed by atoms with E-state index in [0.29, 0.717) is 19.5 Å². The van der Waals surface area contributed by atoms with Gasteiger partial charge in [-0.15, -0.1) is 0 Å². The molecule has 0 atom stereocenters. The van der Waals surface area contributed by atoms with Crippen molar-refractivity contribution in [2.24, 2.45) is 0 Å². The van der Waals surface area contributed by atoms with Gasteiger partial charge in [-0.1, -0.05) is 67.6 Å². The fourth-order valence-corrected chi connectivity index (χ4v) is 5.37. The minimum Gasteiger partial charge on any atom is -0.309 e. The minimum atomic E-state index is 0.0405. The number of likely N-dealkylation sites (tertiary alicyclic amines) is 1. The van der Waals surface area contributed by atoms with E-state index < -0.39 is 0 Å². The standard InChI is InChI=1S/C30H34N4O2/c1-2-29(35)34(25-13-7-4-8-14-25)26-17-19-31(20-18-26)21-22-32-27-15-9-10-16-28(27)33(30(32)36)23-24-11-5-3-6-12-24/h3-16,26H,2,17-23H2,1H3. The molecule has 0 radical (unpaired) electrons. The number of aromatic nitrogens is 2. The maximum absolute atomic E-state index is 13.4. The third-order valence-electron chi connectivity index (χ3n) is 7.28. The SMILES string of the molecule is CCC(=O)N(c1ccccc1)C1CCN(CCn2c(=O)n(Cc3ccccc3)c3ccccc32)CC1. The Morgan fingerprint density at radius 3 is 2.03 bits per heavy atom. The number of imidazole rings is 1. The van der Waals surface area contributed by atoms with Gasteiger partial charge in [0.25, 0.3) is 0 Å². The Morgan fingerprint density at radius 1 is 0.806 bits per heavy atom. The Kier molecular flexibility index (Phi) is 7.33. The number of hydrogen-bond donors (Lipinski definition) is 0. The smallest absolute Gasteiger partial charge is 0.309 e. The van der Waals surface area contributed by atoms with Gasteiger partial charge < -0.3 is 9.80 Å². The van der Waals surface area contributed by atoms with Gasteiger partial charge in [-0.25, -0.2) is 4.79 Å². The molecule has 1 fully saturated rings. The van der Waals surface area contributed by atoms with Crippen LogP contribution in [0.3, 0.4) is 0 Å². The number of benzene rings is 3. The molecule has 2 heterocycles. The lowest BCUT2D eigenvalue weighted by atomic mass is 10.0. The monoisotopic (exact) mass is 482 g/mol. The minimum absolute atomic E-state index is 0.0405. The van der Waals surface area contributed by atoms with Gasteiger partial charge in [0.15, 0.2) is 0 Å². The lowest BCUT2D eigenvalue weighted by Gasteiger charge is -2.38. The average Bonchev–Trinajstić information content (AvgIpc) is 3.19. The first kappa shape index (κ1) is 24.1. The fourth-order valence-electron chi connectivity index (χ4n) is 5.37. The van der Waals surface area contributed by atoms with Crippen molar-refractivity contribution in [1.82, 2.24) is 14.0 Å². The number of fused-ring (bicyclic) bond motifs is 1. The third kappa shape index (κ3) is 5.00. The molecule has 0 unspecified atom stereocenters. The lowest BCUT2D eigenvalue weighted by molar-refractivity contribution is -0.119. The van der Waals surface area contributed by atoms with Crippen LogP contribution in [0, 0.1) is 0 Å². The zero-order valence-corrected chi connectivity index (χ0v) is 20.9. The topological polar surface area (TPSA) is 50.5 Å². The van der Waals surface area contributed by atoms with E-state index in [9.17, 15) is 9.59 Å². The van der Waals surface area contributed by atoms with Gasteiger partial charge in [-0.05, 0) is 42.7 Å². The molecule has 0 aliphatic carbocycles. The van der Waals surface area contributed by atoms with Gasteiger partial charge in [-0.3, -0.25) is 13.9 Å². The molecule has 1 saturated heterocycles. The van der Waals surface area contributed by atoms with E-state index in [1.165, 1.54) is 0 Å².